The zero-order chi connectivity index (χ0) is 20.3. The minimum atomic E-state index is -0.468. The molecule has 1 unspecified atom stereocenters. The molecule has 3 rings (SSSR count). The lowest BCUT2D eigenvalue weighted by Gasteiger charge is -2.11. The molecule has 9 heteroatoms. The van der Waals surface area contributed by atoms with Crippen LogP contribution < -0.4 is 5.32 Å². The summed E-state index contributed by atoms with van der Waals surface area (Å²) in [5, 5.41) is 14.5. The first-order valence-corrected chi connectivity index (χ1v) is 9.63. The maximum atomic E-state index is 12.4. The van der Waals surface area contributed by atoms with E-state index in [1.807, 2.05) is 12.1 Å². The fraction of sp³-hybridized carbons (Fsp3) is 0.158. The molecular weight excluding hydrogens is 400 g/mol. The zero-order valence-corrected chi connectivity index (χ0v) is 16.7. The molecular formula is C19H17ClN4O3S. The Morgan fingerprint density at radius 3 is 2.68 bits per heavy atom. The number of nitro benzene ring substituents is 1. The second kappa shape index (κ2) is 8.45. The van der Waals surface area contributed by atoms with Gasteiger partial charge >= 0.3 is 0 Å². The second-order valence-corrected chi connectivity index (χ2v) is 7.88. The van der Waals surface area contributed by atoms with Crippen molar-refractivity contribution in [2.24, 2.45) is 0 Å². The highest BCUT2D eigenvalue weighted by molar-refractivity contribution is 8.00. The number of thioether (sulfide) groups is 1. The summed E-state index contributed by atoms with van der Waals surface area (Å²) in [6.45, 7) is 3.39. The monoisotopic (exact) mass is 416 g/mol. The van der Waals surface area contributed by atoms with Crippen LogP contribution in [0.25, 0.3) is 11.3 Å². The Morgan fingerprint density at radius 1 is 1.29 bits per heavy atom. The average molecular weight is 417 g/mol. The third-order valence-electron chi connectivity index (χ3n) is 4.04. The lowest BCUT2D eigenvalue weighted by Crippen LogP contribution is -2.22. The number of benzene rings is 2. The number of aromatic amines is 1. The first-order chi connectivity index (χ1) is 13.3. The largest absolute Gasteiger partial charge is 0.333 e. The van der Waals surface area contributed by atoms with Crippen LogP contribution in [0.1, 0.15) is 12.5 Å². The van der Waals surface area contributed by atoms with E-state index in [0.717, 1.165) is 11.3 Å². The summed E-state index contributed by atoms with van der Waals surface area (Å²) in [6.07, 6.45) is 1.69. The quantitative estimate of drug-likeness (QED) is 0.332. The first kappa shape index (κ1) is 19.9. The summed E-state index contributed by atoms with van der Waals surface area (Å²) >= 11 is 7.16. The van der Waals surface area contributed by atoms with Gasteiger partial charge in [0.25, 0.3) is 5.69 Å². The molecule has 144 valence electrons. The van der Waals surface area contributed by atoms with Crippen LogP contribution in [0.3, 0.4) is 0 Å². The van der Waals surface area contributed by atoms with Crippen LogP contribution in [0, 0.1) is 17.0 Å². The number of anilines is 1. The maximum Gasteiger partial charge on any atom is 0.274 e. The number of carbonyl (C=O) groups is 1. The lowest BCUT2D eigenvalue weighted by molar-refractivity contribution is -0.385. The predicted octanol–water partition coefficient (Wildman–Crippen LogP) is 5.07. The maximum absolute atomic E-state index is 12.4. The molecule has 0 aliphatic heterocycles. The van der Waals surface area contributed by atoms with Gasteiger partial charge in [-0.1, -0.05) is 41.6 Å². The number of aryl methyl sites for hydroxylation is 1. The number of carbonyl (C=O) groups excluding carboxylic acids is 1. The summed E-state index contributed by atoms with van der Waals surface area (Å²) in [5.74, 6) is -0.271. The molecule has 1 atom stereocenters. The number of nitro groups is 1. The highest BCUT2D eigenvalue weighted by Gasteiger charge is 2.18. The van der Waals surface area contributed by atoms with Gasteiger partial charge in [-0.25, -0.2) is 4.98 Å². The summed E-state index contributed by atoms with van der Waals surface area (Å²) in [6, 6.07) is 12.0. The Morgan fingerprint density at radius 2 is 2.00 bits per heavy atom. The molecule has 3 aromatic rings. The first-order valence-electron chi connectivity index (χ1n) is 8.37. The van der Waals surface area contributed by atoms with Crippen molar-refractivity contribution in [1.82, 2.24) is 9.97 Å². The van der Waals surface area contributed by atoms with E-state index in [-0.39, 0.29) is 11.6 Å². The molecule has 2 aromatic carbocycles. The van der Waals surface area contributed by atoms with Crippen LogP contribution in [0.15, 0.2) is 53.8 Å². The van der Waals surface area contributed by atoms with Gasteiger partial charge in [-0.2, -0.15) is 0 Å². The van der Waals surface area contributed by atoms with Crippen molar-refractivity contribution in [2.75, 3.05) is 5.32 Å². The minimum Gasteiger partial charge on any atom is -0.333 e. The number of halogens is 1. The summed E-state index contributed by atoms with van der Waals surface area (Å²) in [7, 11) is 0. The SMILES string of the molecule is Cc1ccc(NC(=O)C(C)Sc2ncc(-c3ccc(Cl)cc3)[nH]2)cc1[N+](=O)[O-]. The average Bonchev–Trinajstić information content (AvgIpc) is 3.12. The molecule has 0 radical (unpaired) electrons. The van der Waals surface area contributed by atoms with Crippen molar-refractivity contribution in [3.63, 3.8) is 0 Å². The molecule has 0 aliphatic rings. The zero-order valence-electron chi connectivity index (χ0n) is 15.1. The van der Waals surface area contributed by atoms with E-state index in [0.29, 0.717) is 21.4 Å². The summed E-state index contributed by atoms with van der Waals surface area (Å²) < 4.78 is 0. The van der Waals surface area contributed by atoms with Gasteiger partial charge in [-0.3, -0.25) is 14.9 Å². The Bertz CT molecular complexity index is 1020. The van der Waals surface area contributed by atoms with E-state index in [1.165, 1.54) is 17.8 Å². The van der Waals surface area contributed by atoms with Crippen LogP contribution in [0.2, 0.25) is 5.02 Å². The van der Waals surface area contributed by atoms with Crippen molar-refractivity contribution in [2.45, 2.75) is 24.3 Å². The van der Waals surface area contributed by atoms with Gasteiger partial charge in [-0.05, 0) is 37.6 Å². The van der Waals surface area contributed by atoms with E-state index < -0.39 is 10.2 Å². The standard InChI is InChI=1S/C19H17ClN4O3S/c1-11-3-8-15(9-17(11)24(26)27)22-18(25)12(2)28-19-21-10-16(23-19)13-4-6-14(20)7-5-13/h3-10,12H,1-2H3,(H,21,23)(H,22,25). The third kappa shape index (κ3) is 4.71. The number of imidazole rings is 1. The molecule has 1 aromatic heterocycles. The fourth-order valence-electron chi connectivity index (χ4n) is 2.49. The molecule has 7 nitrogen and oxygen atoms in total. The van der Waals surface area contributed by atoms with Crippen LogP contribution in [-0.2, 0) is 4.79 Å². The van der Waals surface area contributed by atoms with Crippen LogP contribution >= 0.6 is 23.4 Å². The highest BCUT2D eigenvalue weighted by atomic mass is 35.5. The number of hydrogen-bond acceptors (Lipinski definition) is 5. The van der Waals surface area contributed by atoms with Crippen molar-refractivity contribution < 1.29 is 9.72 Å². The Balaban J connectivity index is 1.65. The topological polar surface area (TPSA) is 101 Å². The van der Waals surface area contributed by atoms with Gasteiger partial charge in [0.2, 0.25) is 5.91 Å². The highest BCUT2D eigenvalue weighted by Crippen LogP contribution is 2.27. The number of aromatic nitrogens is 2. The number of amides is 1. The Hall–Kier alpha value is -2.84. The number of H-pyrrole nitrogens is 1. The van der Waals surface area contributed by atoms with E-state index in [2.05, 4.69) is 15.3 Å². The molecule has 2 N–H and O–H groups in total. The fourth-order valence-corrected chi connectivity index (χ4v) is 3.40. The summed E-state index contributed by atoms with van der Waals surface area (Å²) in [5.41, 5.74) is 2.65. The smallest absolute Gasteiger partial charge is 0.274 e. The molecule has 1 amide bonds. The van der Waals surface area contributed by atoms with Gasteiger partial charge < -0.3 is 10.3 Å². The molecule has 0 aliphatic carbocycles. The molecule has 0 bridgehead atoms. The van der Waals surface area contributed by atoms with E-state index in [4.69, 9.17) is 11.6 Å². The Labute approximate surface area is 170 Å². The van der Waals surface area contributed by atoms with E-state index >= 15 is 0 Å². The third-order valence-corrected chi connectivity index (χ3v) is 5.29. The second-order valence-electron chi connectivity index (χ2n) is 6.12. The van der Waals surface area contributed by atoms with Crippen LogP contribution in [0.5, 0.6) is 0 Å². The van der Waals surface area contributed by atoms with Gasteiger partial charge in [0.1, 0.15) is 0 Å². The number of nitrogens with one attached hydrogen (secondary N) is 2. The minimum absolute atomic E-state index is 0.0308. The molecule has 0 spiro atoms. The molecule has 0 saturated carbocycles. The molecule has 28 heavy (non-hydrogen) atoms. The van der Waals surface area contributed by atoms with Gasteiger partial charge in [0.15, 0.2) is 5.16 Å². The van der Waals surface area contributed by atoms with Gasteiger partial charge in [0.05, 0.1) is 22.1 Å². The Kier molecular flexibility index (Phi) is 6.01. The number of hydrogen-bond donors (Lipinski definition) is 2. The summed E-state index contributed by atoms with van der Waals surface area (Å²) in [4.78, 5) is 30.5. The predicted molar refractivity (Wildman–Crippen MR) is 111 cm³/mol. The molecule has 1 heterocycles. The number of rotatable bonds is 6. The van der Waals surface area contributed by atoms with Crippen molar-refractivity contribution >= 4 is 40.6 Å². The molecule has 0 fully saturated rings. The normalized spacial score (nSPS) is 11.8. The number of nitrogens with zero attached hydrogens (tertiary/aromatic N) is 2. The van der Waals surface area contributed by atoms with Gasteiger partial charge in [0, 0.05) is 22.3 Å². The lowest BCUT2D eigenvalue weighted by atomic mass is 10.2. The van der Waals surface area contributed by atoms with Crippen molar-refractivity contribution in [3.8, 4) is 11.3 Å². The van der Waals surface area contributed by atoms with Gasteiger partial charge in [-0.15, -0.1) is 0 Å². The van der Waals surface area contributed by atoms with Crippen LogP contribution in [0.4, 0.5) is 11.4 Å². The van der Waals surface area contributed by atoms with Crippen molar-refractivity contribution in [1.29, 1.82) is 0 Å². The molecule has 0 saturated heterocycles. The van der Waals surface area contributed by atoms with Crippen LogP contribution in [-0.4, -0.2) is 26.0 Å². The van der Waals surface area contributed by atoms with Crippen molar-refractivity contribution in [3.05, 3.63) is 69.4 Å². The van der Waals surface area contributed by atoms with E-state index in [9.17, 15) is 14.9 Å². The van der Waals surface area contributed by atoms with E-state index in [1.54, 1.807) is 44.3 Å².